The van der Waals surface area contributed by atoms with Crippen molar-refractivity contribution in [2.24, 2.45) is 11.8 Å². The van der Waals surface area contributed by atoms with Gasteiger partial charge in [-0.25, -0.2) is 0 Å². The molecular weight excluding hydrogens is 402 g/mol. The first-order chi connectivity index (χ1) is 14.6. The van der Waals surface area contributed by atoms with Crippen molar-refractivity contribution in [1.82, 2.24) is 5.32 Å². The quantitative estimate of drug-likeness (QED) is 0.230. The highest BCUT2D eigenvalue weighted by Crippen LogP contribution is 2.59. The highest BCUT2D eigenvalue weighted by molar-refractivity contribution is 5.75. The largest absolute Gasteiger partial charge is 0.468 e. The second kappa shape index (κ2) is 9.45. The predicted octanol–water partition coefficient (Wildman–Crippen LogP) is 2.14. The molecule has 0 bridgehead atoms. The molecule has 2 N–H and O–H groups in total. The molecule has 2 aliphatic heterocycles. The van der Waals surface area contributed by atoms with Crippen LogP contribution in [0.15, 0.2) is 11.6 Å². The van der Waals surface area contributed by atoms with Crippen molar-refractivity contribution in [2.45, 2.75) is 95.9 Å². The number of aliphatic hydroxyl groups is 1. The molecule has 31 heavy (non-hydrogen) atoms. The standard InChI is InChI=1S/C23H39NO7/c1-13(2)8-9-16-22(5,31-16)19-18(27-6)15(10-11-23(19)12-29-23)30-21(26)24-17(14(3)4)20(25)28-7/h8,14-19,21,24,26H,9-12H2,1-7H3/t15-,16-,17-,18-,19-,21+,22+,23+/m1/s1. The Morgan fingerprint density at radius 2 is 2.00 bits per heavy atom. The Morgan fingerprint density at radius 1 is 1.32 bits per heavy atom. The van der Waals surface area contributed by atoms with Crippen LogP contribution in [0.3, 0.4) is 0 Å². The molecule has 8 atom stereocenters. The number of ether oxygens (including phenoxy) is 5. The van der Waals surface area contributed by atoms with E-state index in [2.05, 4.69) is 32.2 Å². The number of methoxy groups -OCH3 is 2. The summed E-state index contributed by atoms with van der Waals surface area (Å²) in [6, 6.07) is -0.670. The van der Waals surface area contributed by atoms with E-state index in [4.69, 9.17) is 23.7 Å². The summed E-state index contributed by atoms with van der Waals surface area (Å²) in [7, 11) is 2.99. The maximum absolute atomic E-state index is 12.0. The van der Waals surface area contributed by atoms with Crippen molar-refractivity contribution in [1.29, 1.82) is 0 Å². The molecule has 0 unspecified atom stereocenters. The first kappa shape index (κ1) is 24.6. The van der Waals surface area contributed by atoms with Gasteiger partial charge in [0.2, 0.25) is 6.41 Å². The number of carbonyl (C=O) groups is 1. The van der Waals surface area contributed by atoms with Crippen LogP contribution < -0.4 is 5.32 Å². The molecule has 2 heterocycles. The highest BCUT2D eigenvalue weighted by atomic mass is 16.7. The number of esters is 1. The molecule has 3 fully saturated rings. The molecule has 3 rings (SSSR count). The summed E-state index contributed by atoms with van der Waals surface area (Å²) in [5.74, 6) is -0.511. The molecule has 1 spiro atoms. The van der Waals surface area contributed by atoms with Crippen LogP contribution in [0, 0.1) is 11.8 Å². The molecule has 8 nitrogen and oxygen atoms in total. The zero-order valence-corrected chi connectivity index (χ0v) is 19.8. The Bertz CT molecular complexity index is 673. The Balaban J connectivity index is 1.70. The molecule has 0 radical (unpaired) electrons. The van der Waals surface area contributed by atoms with Gasteiger partial charge in [0.15, 0.2) is 0 Å². The van der Waals surface area contributed by atoms with Gasteiger partial charge in [-0.1, -0.05) is 25.5 Å². The van der Waals surface area contributed by atoms with Crippen LogP contribution in [0.25, 0.3) is 0 Å². The molecular formula is C23H39NO7. The van der Waals surface area contributed by atoms with Gasteiger partial charge in [-0.2, -0.15) is 0 Å². The molecule has 0 aromatic carbocycles. The SMILES string of the molecule is COC(=O)[C@H](N[C@@H](O)O[C@@H]1CC[C@]2(CO2)[C@@H]([C@@]2(C)O[C@@H]2CC=C(C)C)[C@@H]1OC)C(C)C. The Kier molecular flexibility index (Phi) is 7.50. The highest BCUT2D eigenvalue weighted by Gasteiger charge is 2.72. The Morgan fingerprint density at radius 3 is 2.52 bits per heavy atom. The summed E-state index contributed by atoms with van der Waals surface area (Å²) < 4.78 is 28.9. The summed E-state index contributed by atoms with van der Waals surface area (Å²) >= 11 is 0. The van der Waals surface area contributed by atoms with E-state index in [0.717, 1.165) is 12.8 Å². The molecule has 1 saturated carbocycles. The number of carbonyl (C=O) groups excluding carboxylic acids is 1. The van der Waals surface area contributed by atoms with Crippen LogP contribution in [-0.4, -0.2) is 73.9 Å². The monoisotopic (exact) mass is 441 g/mol. The second-order valence-corrected chi connectivity index (χ2v) is 9.82. The van der Waals surface area contributed by atoms with E-state index < -0.39 is 18.4 Å². The fourth-order valence-electron chi connectivity index (χ4n) is 5.11. The zero-order chi connectivity index (χ0) is 23.0. The van der Waals surface area contributed by atoms with Crippen molar-refractivity contribution < 1.29 is 33.6 Å². The Labute approximate surface area is 185 Å². The van der Waals surface area contributed by atoms with E-state index in [1.807, 2.05) is 13.8 Å². The van der Waals surface area contributed by atoms with Gasteiger partial charge in [-0.3, -0.25) is 10.1 Å². The fraction of sp³-hybridized carbons (Fsp3) is 0.870. The lowest BCUT2D eigenvalue weighted by atomic mass is 9.68. The van der Waals surface area contributed by atoms with Gasteiger partial charge in [-0.05, 0) is 46.0 Å². The number of epoxide rings is 2. The van der Waals surface area contributed by atoms with Gasteiger partial charge in [0, 0.05) is 7.11 Å². The first-order valence-electron chi connectivity index (χ1n) is 11.2. The lowest BCUT2D eigenvalue weighted by Gasteiger charge is -2.43. The molecule has 0 aromatic rings. The molecule has 8 heteroatoms. The molecule has 0 aromatic heterocycles. The van der Waals surface area contributed by atoms with Gasteiger partial charge in [0.05, 0.1) is 43.5 Å². The summed E-state index contributed by atoms with van der Waals surface area (Å²) in [5, 5.41) is 13.4. The minimum atomic E-state index is -1.32. The maximum Gasteiger partial charge on any atom is 0.323 e. The van der Waals surface area contributed by atoms with E-state index in [-0.39, 0.29) is 41.3 Å². The molecule has 2 saturated heterocycles. The number of nitrogens with one attached hydrogen (secondary N) is 1. The number of hydrogen-bond donors (Lipinski definition) is 2. The third-order valence-electron chi connectivity index (χ3n) is 6.98. The minimum absolute atomic E-state index is 0.00647. The van der Waals surface area contributed by atoms with Crippen LogP contribution in [0.2, 0.25) is 0 Å². The maximum atomic E-state index is 12.0. The lowest BCUT2D eigenvalue weighted by Crippen LogP contribution is -2.57. The number of rotatable bonds is 10. The van der Waals surface area contributed by atoms with Crippen molar-refractivity contribution in [3.8, 4) is 0 Å². The topological polar surface area (TPSA) is 102 Å². The van der Waals surface area contributed by atoms with Crippen LogP contribution >= 0.6 is 0 Å². The van der Waals surface area contributed by atoms with E-state index in [9.17, 15) is 9.90 Å². The van der Waals surface area contributed by atoms with Crippen LogP contribution in [-0.2, 0) is 28.5 Å². The van der Waals surface area contributed by atoms with Crippen LogP contribution in [0.4, 0.5) is 0 Å². The van der Waals surface area contributed by atoms with Crippen molar-refractivity contribution in [2.75, 3.05) is 20.8 Å². The van der Waals surface area contributed by atoms with Gasteiger partial charge in [-0.15, -0.1) is 0 Å². The summed E-state index contributed by atoms with van der Waals surface area (Å²) in [6.07, 6.45) is 2.68. The van der Waals surface area contributed by atoms with Gasteiger partial charge >= 0.3 is 5.97 Å². The predicted molar refractivity (Wildman–Crippen MR) is 114 cm³/mol. The van der Waals surface area contributed by atoms with Crippen molar-refractivity contribution in [3.05, 3.63) is 11.6 Å². The van der Waals surface area contributed by atoms with E-state index >= 15 is 0 Å². The summed E-state index contributed by atoms with van der Waals surface area (Å²) in [4.78, 5) is 12.0. The number of aliphatic hydroxyl groups excluding tert-OH is 1. The van der Waals surface area contributed by atoms with Crippen LogP contribution in [0.1, 0.15) is 53.9 Å². The van der Waals surface area contributed by atoms with Gasteiger partial charge in [0.25, 0.3) is 0 Å². The smallest absolute Gasteiger partial charge is 0.323 e. The number of hydrogen-bond acceptors (Lipinski definition) is 8. The summed E-state index contributed by atoms with van der Waals surface area (Å²) in [6.45, 7) is 10.7. The average molecular weight is 442 g/mol. The number of allylic oxidation sites excluding steroid dienone is 1. The minimum Gasteiger partial charge on any atom is -0.468 e. The van der Waals surface area contributed by atoms with Gasteiger partial charge < -0.3 is 28.8 Å². The fourth-order valence-corrected chi connectivity index (χ4v) is 5.11. The van der Waals surface area contributed by atoms with Crippen molar-refractivity contribution in [3.63, 3.8) is 0 Å². The van der Waals surface area contributed by atoms with E-state index in [0.29, 0.717) is 13.0 Å². The third kappa shape index (κ3) is 5.15. The van der Waals surface area contributed by atoms with Gasteiger partial charge in [0.1, 0.15) is 11.6 Å². The third-order valence-corrected chi connectivity index (χ3v) is 6.98. The van der Waals surface area contributed by atoms with Crippen molar-refractivity contribution >= 4 is 5.97 Å². The lowest BCUT2D eigenvalue weighted by molar-refractivity contribution is -0.219. The van der Waals surface area contributed by atoms with E-state index in [1.54, 1.807) is 7.11 Å². The average Bonchev–Trinajstić information content (AvgIpc) is 3.62. The summed E-state index contributed by atoms with van der Waals surface area (Å²) in [5.41, 5.74) is 0.651. The molecule has 0 amide bonds. The first-order valence-corrected chi connectivity index (χ1v) is 11.2. The zero-order valence-electron chi connectivity index (χ0n) is 19.8. The molecule has 1 aliphatic carbocycles. The Hall–Kier alpha value is -1.03. The van der Waals surface area contributed by atoms with Crippen LogP contribution in [0.5, 0.6) is 0 Å². The van der Waals surface area contributed by atoms with E-state index in [1.165, 1.54) is 12.7 Å². The molecule has 3 aliphatic rings. The normalized spacial score (nSPS) is 38.6. The second-order valence-electron chi connectivity index (χ2n) is 9.82. The molecule has 178 valence electrons.